The van der Waals surface area contributed by atoms with Crippen LogP contribution in [0.1, 0.15) is 0 Å². The number of ether oxygens (including phenoxy) is 1. The molecule has 0 saturated carbocycles. The van der Waals surface area contributed by atoms with Gasteiger partial charge in [0, 0.05) is 17.8 Å². The van der Waals surface area contributed by atoms with Crippen molar-refractivity contribution in [3.8, 4) is 11.4 Å². The van der Waals surface area contributed by atoms with Crippen molar-refractivity contribution < 1.29 is 19.4 Å². The number of esters is 1. The van der Waals surface area contributed by atoms with Gasteiger partial charge in [0.25, 0.3) is 5.91 Å². The summed E-state index contributed by atoms with van der Waals surface area (Å²) in [7, 11) is 2.94. The smallest absolute Gasteiger partial charge is 0.337 e. The number of amides is 1. The van der Waals surface area contributed by atoms with E-state index < -0.39 is 5.97 Å². The van der Waals surface area contributed by atoms with Crippen LogP contribution in [-0.4, -0.2) is 68.9 Å². The van der Waals surface area contributed by atoms with Gasteiger partial charge in [0.05, 0.1) is 32.9 Å². The third-order valence-corrected chi connectivity index (χ3v) is 3.87. The Hall–Kier alpha value is -3.27. The van der Waals surface area contributed by atoms with Gasteiger partial charge in [0.15, 0.2) is 0 Å². The van der Waals surface area contributed by atoms with E-state index in [-0.39, 0.29) is 36.9 Å². The summed E-state index contributed by atoms with van der Waals surface area (Å²) in [6, 6.07) is 7.05. The number of aliphatic hydroxyl groups excluding tert-OH is 1. The molecule has 0 saturated heterocycles. The topological polar surface area (TPSA) is 122 Å². The van der Waals surface area contributed by atoms with E-state index in [9.17, 15) is 9.59 Å². The molecule has 2 heterocycles. The molecule has 0 aliphatic carbocycles. The Balaban J connectivity index is 1.83. The lowest BCUT2D eigenvalue weighted by Crippen LogP contribution is -2.31. The second-order valence-corrected chi connectivity index (χ2v) is 5.60. The van der Waals surface area contributed by atoms with Crippen LogP contribution in [0.4, 0.5) is 5.69 Å². The summed E-state index contributed by atoms with van der Waals surface area (Å²) in [5, 5.41) is 23.9. The largest absolute Gasteiger partial charge is 0.466 e. The van der Waals surface area contributed by atoms with Crippen molar-refractivity contribution >= 4 is 17.6 Å². The molecule has 0 fully saturated rings. The first-order valence-electron chi connectivity index (χ1n) is 7.86. The molecular weight excluding hydrogens is 340 g/mol. The minimum absolute atomic E-state index is 0.0933. The van der Waals surface area contributed by atoms with Crippen molar-refractivity contribution in [3.63, 3.8) is 0 Å². The fourth-order valence-corrected chi connectivity index (χ4v) is 2.60. The average molecular weight is 358 g/mol. The van der Waals surface area contributed by atoms with E-state index in [2.05, 4.69) is 20.7 Å². The molecule has 0 unspecified atom stereocenters. The first-order valence-corrected chi connectivity index (χ1v) is 7.86. The Bertz CT molecular complexity index is 858. The van der Waals surface area contributed by atoms with E-state index in [1.807, 2.05) is 0 Å². The summed E-state index contributed by atoms with van der Waals surface area (Å²) < 4.78 is 4.75. The van der Waals surface area contributed by atoms with Crippen LogP contribution in [0.25, 0.3) is 11.4 Å². The van der Waals surface area contributed by atoms with Gasteiger partial charge in [-0.2, -0.15) is 4.80 Å². The van der Waals surface area contributed by atoms with Crippen LogP contribution < -0.4 is 5.32 Å². The van der Waals surface area contributed by atoms with Gasteiger partial charge in [-0.15, -0.1) is 10.2 Å². The zero-order valence-electron chi connectivity index (χ0n) is 14.3. The molecule has 2 N–H and O–H groups in total. The molecule has 1 amide bonds. The highest BCUT2D eigenvalue weighted by atomic mass is 16.5. The normalized spacial score (nSPS) is 14.1. The van der Waals surface area contributed by atoms with Crippen molar-refractivity contribution in [2.45, 2.75) is 0 Å². The van der Waals surface area contributed by atoms with E-state index in [0.29, 0.717) is 11.5 Å². The highest BCUT2D eigenvalue weighted by Gasteiger charge is 2.34. The van der Waals surface area contributed by atoms with E-state index in [1.54, 1.807) is 31.3 Å². The van der Waals surface area contributed by atoms with Crippen LogP contribution >= 0.6 is 0 Å². The maximum absolute atomic E-state index is 12.5. The summed E-state index contributed by atoms with van der Waals surface area (Å²) >= 11 is 0. The fraction of sp³-hybridized carbons (Fsp3) is 0.312. The van der Waals surface area contributed by atoms with Gasteiger partial charge >= 0.3 is 5.97 Å². The van der Waals surface area contributed by atoms with Crippen LogP contribution in [0.2, 0.25) is 0 Å². The molecule has 0 spiro atoms. The highest BCUT2D eigenvalue weighted by molar-refractivity contribution is 6.08. The summed E-state index contributed by atoms with van der Waals surface area (Å²) in [6.07, 6.45) is 0. The number of nitrogens with one attached hydrogen (secondary N) is 1. The van der Waals surface area contributed by atoms with Crippen LogP contribution in [0.15, 0.2) is 35.5 Å². The van der Waals surface area contributed by atoms with E-state index >= 15 is 0 Å². The van der Waals surface area contributed by atoms with Crippen LogP contribution in [0, 0.1) is 0 Å². The van der Waals surface area contributed by atoms with Crippen LogP contribution in [0.3, 0.4) is 0 Å². The minimum atomic E-state index is -0.582. The maximum Gasteiger partial charge on any atom is 0.337 e. The van der Waals surface area contributed by atoms with Crippen molar-refractivity contribution in [2.75, 3.05) is 32.1 Å². The number of tetrazole rings is 1. The molecule has 0 atom stereocenters. The van der Waals surface area contributed by atoms with Gasteiger partial charge in [-0.05, 0) is 29.5 Å². The Morgan fingerprint density at radius 3 is 2.65 bits per heavy atom. The summed E-state index contributed by atoms with van der Waals surface area (Å²) in [5.41, 5.74) is 1.76. The highest BCUT2D eigenvalue weighted by Crippen LogP contribution is 2.24. The first-order chi connectivity index (χ1) is 12.5. The second kappa shape index (κ2) is 7.31. The molecule has 1 aromatic carbocycles. The number of methoxy groups -OCH3 is 1. The Kier molecular flexibility index (Phi) is 4.94. The number of carbonyl (C=O) groups is 2. The molecule has 136 valence electrons. The van der Waals surface area contributed by atoms with Gasteiger partial charge in [-0.3, -0.25) is 4.79 Å². The molecule has 10 heteroatoms. The van der Waals surface area contributed by atoms with Gasteiger partial charge < -0.3 is 20.1 Å². The van der Waals surface area contributed by atoms with Crippen LogP contribution in [0.5, 0.6) is 0 Å². The standard InChI is InChI=1S/C16H18N6O4/c1-21-19-14(18-20-21)10-3-5-11(6-4-10)17-13-12(16(25)26-2)9-22(7-8-23)15(13)24/h3-6,17,23H,7-9H2,1-2H3. The number of benzene rings is 1. The molecule has 0 bridgehead atoms. The molecule has 1 aliphatic rings. The zero-order chi connectivity index (χ0) is 18.7. The number of hydrogen-bond acceptors (Lipinski definition) is 8. The average Bonchev–Trinajstić information content (AvgIpc) is 3.21. The SMILES string of the molecule is COC(=O)C1=C(Nc2ccc(-c3nnn(C)n3)cc2)C(=O)N(CCO)C1. The van der Waals surface area contributed by atoms with Crippen LogP contribution in [-0.2, 0) is 21.4 Å². The maximum atomic E-state index is 12.5. The van der Waals surface area contributed by atoms with Gasteiger partial charge in [-0.25, -0.2) is 4.79 Å². The Labute approximate surface area is 149 Å². The number of aryl methyl sites for hydroxylation is 1. The lowest BCUT2D eigenvalue weighted by Gasteiger charge is -2.15. The van der Waals surface area contributed by atoms with Crippen molar-refractivity contribution in [3.05, 3.63) is 35.5 Å². The number of β-amino-alcohol motifs (C(OH)–C–C–N with tert-alkyl or cyclic N) is 1. The Morgan fingerprint density at radius 1 is 1.35 bits per heavy atom. The van der Waals surface area contributed by atoms with E-state index in [1.165, 1.54) is 16.8 Å². The number of aromatic nitrogens is 4. The molecule has 26 heavy (non-hydrogen) atoms. The predicted octanol–water partition coefficient (Wildman–Crippen LogP) is -0.449. The molecule has 2 aromatic rings. The predicted molar refractivity (Wildman–Crippen MR) is 90.6 cm³/mol. The summed E-state index contributed by atoms with van der Waals surface area (Å²) in [5.74, 6) is -0.458. The fourth-order valence-electron chi connectivity index (χ4n) is 2.60. The molecule has 10 nitrogen and oxygen atoms in total. The number of nitrogens with zero attached hydrogens (tertiary/aromatic N) is 5. The number of carbonyl (C=O) groups excluding carboxylic acids is 2. The number of hydrogen-bond donors (Lipinski definition) is 2. The van der Waals surface area contributed by atoms with Crippen molar-refractivity contribution in [1.82, 2.24) is 25.1 Å². The minimum Gasteiger partial charge on any atom is -0.466 e. The lowest BCUT2D eigenvalue weighted by molar-refractivity contribution is -0.136. The third kappa shape index (κ3) is 3.40. The van der Waals surface area contributed by atoms with Crippen molar-refractivity contribution in [2.24, 2.45) is 7.05 Å². The zero-order valence-corrected chi connectivity index (χ0v) is 14.3. The molecular formula is C16H18N6O4. The molecule has 1 aromatic heterocycles. The monoisotopic (exact) mass is 358 g/mol. The quantitative estimate of drug-likeness (QED) is 0.666. The summed E-state index contributed by atoms with van der Waals surface area (Å²) in [6.45, 7) is 0.0467. The third-order valence-electron chi connectivity index (χ3n) is 3.87. The lowest BCUT2D eigenvalue weighted by atomic mass is 10.2. The number of rotatable bonds is 6. The van der Waals surface area contributed by atoms with Gasteiger partial charge in [0.2, 0.25) is 5.82 Å². The summed E-state index contributed by atoms with van der Waals surface area (Å²) in [4.78, 5) is 27.2. The van der Waals surface area contributed by atoms with E-state index in [0.717, 1.165) is 5.56 Å². The van der Waals surface area contributed by atoms with Gasteiger partial charge in [-0.1, -0.05) is 0 Å². The Morgan fingerprint density at radius 2 is 2.08 bits per heavy atom. The van der Waals surface area contributed by atoms with Gasteiger partial charge in [0.1, 0.15) is 5.70 Å². The number of aliphatic hydroxyl groups is 1. The van der Waals surface area contributed by atoms with Crippen molar-refractivity contribution in [1.29, 1.82) is 0 Å². The second-order valence-electron chi connectivity index (χ2n) is 5.60. The first kappa shape index (κ1) is 17.5. The molecule has 0 radical (unpaired) electrons. The molecule has 1 aliphatic heterocycles. The van der Waals surface area contributed by atoms with E-state index in [4.69, 9.17) is 9.84 Å². The number of anilines is 1. The molecule has 3 rings (SSSR count).